The first kappa shape index (κ1) is 17.3. The molecular weight excluding hydrogens is 334 g/mol. The Balaban J connectivity index is 1.37. The number of aromatic nitrogens is 1. The van der Waals surface area contributed by atoms with Crippen LogP contribution in [0.15, 0.2) is 73.1 Å². The largest absolute Gasteiger partial charge is 0.352 e. The molecule has 0 aliphatic carbocycles. The fourth-order valence-corrected chi connectivity index (χ4v) is 3.55. The summed E-state index contributed by atoms with van der Waals surface area (Å²) in [4.78, 5) is 19.0. The smallest absolute Gasteiger partial charge is 0.252 e. The molecule has 0 saturated heterocycles. The molecule has 2 heterocycles. The van der Waals surface area contributed by atoms with Gasteiger partial charge in [-0.25, -0.2) is 0 Å². The van der Waals surface area contributed by atoms with Crippen molar-refractivity contribution in [1.29, 1.82) is 0 Å². The Morgan fingerprint density at radius 2 is 1.85 bits per heavy atom. The van der Waals surface area contributed by atoms with Crippen LogP contribution >= 0.6 is 0 Å². The molecule has 2 aromatic carbocycles. The van der Waals surface area contributed by atoms with Crippen molar-refractivity contribution in [1.82, 2.24) is 10.3 Å². The fraction of sp³-hybridized carbons (Fsp3) is 0.217. The molecule has 1 aliphatic rings. The molecule has 4 heteroatoms. The summed E-state index contributed by atoms with van der Waals surface area (Å²) >= 11 is 0. The zero-order valence-corrected chi connectivity index (χ0v) is 15.3. The first-order valence-corrected chi connectivity index (χ1v) is 9.44. The SMILES string of the molecule is O=C(NCCCc1ccccc1)c1cncc(N2CCc3ccccc32)c1. The van der Waals surface area contributed by atoms with Gasteiger partial charge in [0.05, 0.1) is 17.4 Å². The van der Waals surface area contributed by atoms with Crippen molar-refractivity contribution in [2.24, 2.45) is 0 Å². The summed E-state index contributed by atoms with van der Waals surface area (Å²) in [5.41, 5.74) is 5.42. The van der Waals surface area contributed by atoms with Gasteiger partial charge >= 0.3 is 0 Å². The molecule has 1 aromatic heterocycles. The molecule has 0 radical (unpaired) electrons. The second kappa shape index (κ2) is 8.04. The number of nitrogens with one attached hydrogen (secondary N) is 1. The van der Waals surface area contributed by atoms with Gasteiger partial charge in [0.15, 0.2) is 0 Å². The maximum atomic E-state index is 12.5. The summed E-state index contributed by atoms with van der Waals surface area (Å²) in [7, 11) is 0. The molecule has 0 saturated carbocycles. The number of nitrogens with zero attached hydrogens (tertiary/aromatic N) is 2. The molecule has 4 nitrogen and oxygen atoms in total. The predicted molar refractivity (Wildman–Crippen MR) is 108 cm³/mol. The van der Waals surface area contributed by atoms with Crippen LogP contribution in [-0.4, -0.2) is 24.0 Å². The Morgan fingerprint density at radius 3 is 2.74 bits per heavy atom. The predicted octanol–water partition coefficient (Wildman–Crippen LogP) is 4.14. The molecule has 0 unspecified atom stereocenters. The summed E-state index contributed by atoms with van der Waals surface area (Å²) < 4.78 is 0. The van der Waals surface area contributed by atoms with Crippen molar-refractivity contribution in [3.63, 3.8) is 0 Å². The topological polar surface area (TPSA) is 45.2 Å². The van der Waals surface area contributed by atoms with Crippen molar-refractivity contribution in [2.45, 2.75) is 19.3 Å². The van der Waals surface area contributed by atoms with Crippen LogP contribution in [0, 0.1) is 0 Å². The highest BCUT2D eigenvalue weighted by Gasteiger charge is 2.20. The van der Waals surface area contributed by atoms with Crippen LogP contribution in [0.5, 0.6) is 0 Å². The van der Waals surface area contributed by atoms with E-state index < -0.39 is 0 Å². The summed E-state index contributed by atoms with van der Waals surface area (Å²) in [6.07, 6.45) is 6.37. The molecule has 0 bridgehead atoms. The number of hydrogen-bond donors (Lipinski definition) is 1. The average Bonchev–Trinajstić information content (AvgIpc) is 3.16. The van der Waals surface area contributed by atoms with E-state index in [1.54, 1.807) is 6.20 Å². The van der Waals surface area contributed by atoms with E-state index >= 15 is 0 Å². The average molecular weight is 357 g/mol. The van der Waals surface area contributed by atoms with Crippen molar-refractivity contribution in [3.05, 3.63) is 89.7 Å². The van der Waals surface area contributed by atoms with Crippen molar-refractivity contribution in [2.75, 3.05) is 18.0 Å². The number of fused-ring (bicyclic) bond motifs is 1. The Morgan fingerprint density at radius 1 is 1.04 bits per heavy atom. The third-order valence-corrected chi connectivity index (χ3v) is 4.96. The van der Waals surface area contributed by atoms with E-state index in [-0.39, 0.29) is 5.91 Å². The number of anilines is 2. The maximum Gasteiger partial charge on any atom is 0.252 e. The Bertz CT molecular complexity index is 924. The molecule has 136 valence electrons. The number of hydrogen-bond acceptors (Lipinski definition) is 3. The van der Waals surface area contributed by atoms with Crippen LogP contribution in [0.3, 0.4) is 0 Å². The molecular formula is C23H23N3O. The summed E-state index contributed by atoms with van der Waals surface area (Å²) in [5, 5.41) is 3.01. The first-order chi connectivity index (χ1) is 13.3. The zero-order chi connectivity index (χ0) is 18.5. The van der Waals surface area contributed by atoms with E-state index in [0.717, 1.165) is 31.5 Å². The minimum absolute atomic E-state index is 0.0649. The molecule has 0 atom stereocenters. The van der Waals surface area contributed by atoms with Gasteiger partial charge in [-0.2, -0.15) is 0 Å². The number of carbonyl (C=O) groups is 1. The number of para-hydroxylation sites is 1. The minimum atomic E-state index is -0.0649. The highest BCUT2D eigenvalue weighted by Crippen LogP contribution is 2.34. The van der Waals surface area contributed by atoms with Gasteiger partial charge in [-0.1, -0.05) is 48.5 Å². The van der Waals surface area contributed by atoms with Gasteiger partial charge in [-0.3, -0.25) is 9.78 Å². The minimum Gasteiger partial charge on any atom is -0.352 e. The monoisotopic (exact) mass is 357 g/mol. The highest BCUT2D eigenvalue weighted by atomic mass is 16.1. The van der Waals surface area contributed by atoms with Gasteiger partial charge in [0.1, 0.15) is 0 Å². The maximum absolute atomic E-state index is 12.5. The molecule has 1 amide bonds. The van der Waals surface area contributed by atoms with Gasteiger partial charge in [-0.05, 0) is 42.5 Å². The van der Waals surface area contributed by atoms with E-state index in [0.29, 0.717) is 12.1 Å². The molecule has 3 aromatic rings. The second-order valence-electron chi connectivity index (χ2n) is 6.81. The lowest BCUT2D eigenvalue weighted by molar-refractivity contribution is 0.0953. The Kier molecular flexibility index (Phi) is 5.15. The second-order valence-corrected chi connectivity index (χ2v) is 6.81. The van der Waals surface area contributed by atoms with Crippen LogP contribution in [-0.2, 0) is 12.8 Å². The van der Waals surface area contributed by atoms with Crippen LogP contribution in [0.4, 0.5) is 11.4 Å². The van der Waals surface area contributed by atoms with Crippen molar-refractivity contribution in [3.8, 4) is 0 Å². The first-order valence-electron chi connectivity index (χ1n) is 9.44. The third-order valence-electron chi connectivity index (χ3n) is 4.96. The van der Waals surface area contributed by atoms with Crippen LogP contribution in [0.1, 0.15) is 27.9 Å². The number of carbonyl (C=O) groups excluding carboxylic acids is 1. The van der Waals surface area contributed by atoms with Crippen LogP contribution < -0.4 is 10.2 Å². The van der Waals surface area contributed by atoms with Gasteiger partial charge < -0.3 is 10.2 Å². The number of rotatable bonds is 6. The lowest BCUT2D eigenvalue weighted by atomic mass is 10.1. The Hall–Kier alpha value is -3.14. The van der Waals surface area contributed by atoms with Crippen LogP contribution in [0.2, 0.25) is 0 Å². The van der Waals surface area contributed by atoms with E-state index in [2.05, 4.69) is 45.5 Å². The zero-order valence-electron chi connectivity index (χ0n) is 15.3. The van der Waals surface area contributed by atoms with Gasteiger partial charge in [0, 0.05) is 25.0 Å². The van der Waals surface area contributed by atoms with E-state index in [4.69, 9.17) is 0 Å². The van der Waals surface area contributed by atoms with Gasteiger partial charge in [-0.15, -0.1) is 0 Å². The summed E-state index contributed by atoms with van der Waals surface area (Å²) in [6.45, 7) is 1.58. The number of amides is 1. The molecule has 27 heavy (non-hydrogen) atoms. The Labute approximate surface area is 159 Å². The number of aryl methyl sites for hydroxylation is 1. The lowest BCUT2D eigenvalue weighted by Gasteiger charge is -2.19. The number of benzene rings is 2. The molecule has 1 aliphatic heterocycles. The molecule has 4 rings (SSSR count). The number of pyridine rings is 1. The van der Waals surface area contributed by atoms with Crippen LogP contribution in [0.25, 0.3) is 0 Å². The molecule has 0 spiro atoms. The quantitative estimate of drug-likeness (QED) is 0.675. The van der Waals surface area contributed by atoms with Gasteiger partial charge in [0.25, 0.3) is 5.91 Å². The summed E-state index contributed by atoms with van der Waals surface area (Å²) in [6, 6.07) is 20.7. The van der Waals surface area contributed by atoms with E-state index in [1.807, 2.05) is 36.5 Å². The normalized spacial score (nSPS) is 12.7. The summed E-state index contributed by atoms with van der Waals surface area (Å²) in [5.74, 6) is -0.0649. The lowest BCUT2D eigenvalue weighted by Crippen LogP contribution is -2.25. The molecule has 0 fully saturated rings. The van der Waals surface area contributed by atoms with E-state index in [1.165, 1.54) is 16.8 Å². The standard InChI is InChI=1S/C23H23N3O/c27-23(25-13-6-9-18-7-2-1-3-8-18)20-15-21(17-24-16-20)26-14-12-19-10-4-5-11-22(19)26/h1-5,7-8,10-11,15-17H,6,9,12-14H2,(H,25,27). The fourth-order valence-electron chi connectivity index (χ4n) is 3.55. The highest BCUT2D eigenvalue weighted by molar-refractivity contribution is 5.95. The molecule has 1 N–H and O–H groups in total. The van der Waals surface area contributed by atoms with Gasteiger partial charge in [0.2, 0.25) is 0 Å². The van der Waals surface area contributed by atoms with Crippen molar-refractivity contribution >= 4 is 17.3 Å². The van der Waals surface area contributed by atoms with E-state index in [9.17, 15) is 4.79 Å². The third kappa shape index (κ3) is 4.00. The van der Waals surface area contributed by atoms with Crippen molar-refractivity contribution < 1.29 is 4.79 Å².